The van der Waals surface area contributed by atoms with Gasteiger partial charge in [-0.1, -0.05) is 29.5 Å². The number of rotatable bonds is 7. The largest absolute Gasteiger partial charge is 0.504 e. The van der Waals surface area contributed by atoms with Crippen molar-refractivity contribution in [2.45, 2.75) is 39.8 Å². The Balaban J connectivity index is 1.88. The molecule has 4 rings (SSSR count). The molecule has 2 aromatic carbocycles. The number of carbonyl (C=O) groups excluding carboxylic acids is 1. The fourth-order valence-electron chi connectivity index (χ4n) is 4.06. The van der Waals surface area contributed by atoms with E-state index in [1.165, 1.54) is 29.1 Å². The van der Waals surface area contributed by atoms with Crippen LogP contribution in [0.5, 0.6) is 17.2 Å². The summed E-state index contributed by atoms with van der Waals surface area (Å²) >= 11 is 1.22. The Kier molecular flexibility index (Phi) is 7.30. The van der Waals surface area contributed by atoms with Crippen LogP contribution in [0.4, 0.5) is 0 Å². The molecule has 0 saturated heterocycles. The summed E-state index contributed by atoms with van der Waals surface area (Å²) in [5.74, 6) is 0.494. The molecule has 0 spiro atoms. The van der Waals surface area contributed by atoms with Crippen LogP contribution in [-0.4, -0.2) is 35.5 Å². The van der Waals surface area contributed by atoms with Crippen molar-refractivity contribution in [3.8, 4) is 17.2 Å². The second kappa shape index (κ2) is 10.4. The lowest BCUT2D eigenvalue weighted by atomic mass is 9.96. The van der Waals surface area contributed by atoms with Gasteiger partial charge in [0, 0.05) is 0 Å². The molecule has 0 saturated carbocycles. The van der Waals surface area contributed by atoms with Gasteiger partial charge in [0.25, 0.3) is 5.56 Å². The molecule has 0 fully saturated rings. The Bertz CT molecular complexity index is 1500. The smallest absolute Gasteiger partial charge is 0.338 e. The van der Waals surface area contributed by atoms with Gasteiger partial charge in [-0.3, -0.25) is 9.36 Å². The number of carbonyl (C=O) groups is 1. The van der Waals surface area contributed by atoms with Gasteiger partial charge in [0.1, 0.15) is 5.75 Å². The van der Waals surface area contributed by atoms with Crippen molar-refractivity contribution in [2.24, 2.45) is 4.99 Å². The number of hydrogen-bond acceptors (Lipinski definition) is 8. The molecule has 1 unspecified atom stereocenters. The van der Waals surface area contributed by atoms with Crippen molar-refractivity contribution in [1.82, 2.24) is 4.57 Å². The van der Waals surface area contributed by atoms with Gasteiger partial charge in [0.15, 0.2) is 16.3 Å². The average molecular weight is 509 g/mol. The predicted molar refractivity (Wildman–Crippen MR) is 137 cm³/mol. The number of ether oxygens (including phenoxy) is 3. The van der Waals surface area contributed by atoms with Crippen molar-refractivity contribution in [1.29, 1.82) is 0 Å². The molecular weight excluding hydrogens is 480 g/mol. The van der Waals surface area contributed by atoms with Crippen molar-refractivity contribution in [3.63, 3.8) is 0 Å². The van der Waals surface area contributed by atoms with E-state index in [2.05, 4.69) is 4.99 Å². The molecule has 1 N–H and O–H groups in total. The summed E-state index contributed by atoms with van der Waals surface area (Å²) in [6, 6.07) is 11.5. The molecule has 0 bridgehead atoms. The third kappa shape index (κ3) is 4.92. The lowest BCUT2D eigenvalue weighted by molar-refractivity contribution is -0.139. The predicted octanol–water partition coefficient (Wildman–Crippen LogP) is 3.30. The number of nitrogens with zero attached hydrogens (tertiary/aromatic N) is 2. The molecule has 36 heavy (non-hydrogen) atoms. The van der Waals surface area contributed by atoms with E-state index in [4.69, 9.17) is 14.2 Å². The van der Waals surface area contributed by atoms with Gasteiger partial charge in [-0.05, 0) is 69.2 Å². The average Bonchev–Trinajstić information content (AvgIpc) is 3.13. The molecule has 1 aliphatic heterocycles. The van der Waals surface area contributed by atoms with E-state index in [-0.39, 0.29) is 24.0 Å². The molecule has 9 heteroatoms. The summed E-state index contributed by atoms with van der Waals surface area (Å²) in [6.45, 7) is 7.57. The number of phenols is 1. The summed E-state index contributed by atoms with van der Waals surface area (Å²) in [5.41, 5.74) is 1.88. The lowest BCUT2D eigenvalue weighted by Gasteiger charge is -2.25. The quantitative estimate of drug-likeness (QED) is 0.492. The van der Waals surface area contributed by atoms with Gasteiger partial charge in [0.2, 0.25) is 0 Å². The molecule has 188 valence electrons. The number of allylic oxidation sites excluding steroid dienone is 1. The van der Waals surface area contributed by atoms with Crippen molar-refractivity contribution in [3.05, 3.63) is 84.5 Å². The van der Waals surface area contributed by atoms with Crippen LogP contribution in [0, 0.1) is 0 Å². The first kappa shape index (κ1) is 25.2. The topological polar surface area (TPSA) is 99.4 Å². The second-order valence-corrected chi connectivity index (χ2v) is 9.48. The van der Waals surface area contributed by atoms with E-state index in [9.17, 15) is 14.7 Å². The van der Waals surface area contributed by atoms with Gasteiger partial charge >= 0.3 is 5.97 Å². The molecule has 8 nitrogen and oxygen atoms in total. The minimum absolute atomic E-state index is 0.0168. The number of hydrogen-bond donors (Lipinski definition) is 1. The third-order valence-corrected chi connectivity index (χ3v) is 6.57. The molecule has 3 aromatic rings. The molecule has 1 atom stereocenters. The summed E-state index contributed by atoms with van der Waals surface area (Å²) in [4.78, 5) is 31.7. The van der Waals surface area contributed by atoms with Crippen molar-refractivity contribution < 1.29 is 24.1 Å². The van der Waals surface area contributed by atoms with Gasteiger partial charge in [-0.25, -0.2) is 9.79 Å². The van der Waals surface area contributed by atoms with Gasteiger partial charge in [0.05, 0.1) is 41.7 Å². The van der Waals surface area contributed by atoms with Crippen LogP contribution in [0.3, 0.4) is 0 Å². The van der Waals surface area contributed by atoms with E-state index in [0.717, 1.165) is 5.56 Å². The minimum Gasteiger partial charge on any atom is -0.504 e. The SMILES string of the molecule is CCOC(=O)C1=C(C)N=c2s/c(=C/c3ccc(OC)c(O)c3)c(=O)n2C1c1ccc(OC(C)C)cc1. The maximum Gasteiger partial charge on any atom is 0.338 e. The van der Waals surface area contributed by atoms with Crippen molar-refractivity contribution in [2.75, 3.05) is 13.7 Å². The van der Waals surface area contributed by atoms with E-state index < -0.39 is 12.0 Å². The van der Waals surface area contributed by atoms with Crippen LogP contribution in [0.15, 0.2) is 63.5 Å². The zero-order chi connectivity index (χ0) is 26.0. The zero-order valence-corrected chi connectivity index (χ0v) is 21.6. The molecular formula is C27H28N2O6S. The number of esters is 1. The summed E-state index contributed by atoms with van der Waals surface area (Å²) in [6.07, 6.45) is 1.70. The Morgan fingerprint density at radius 2 is 1.94 bits per heavy atom. The number of thiazole rings is 1. The Hall–Kier alpha value is -3.85. The first-order valence-corrected chi connectivity index (χ1v) is 12.4. The van der Waals surface area contributed by atoms with E-state index in [0.29, 0.717) is 37.7 Å². The minimum atomic E-state index is -0.708. The molecule has 1 aliphatic rings. The van der Waals surface area contributed by atoms with Gasteiger partial charge in [-0.2, -0.15) is 0 Å². The number of benzene rings is 2. The molecule has 0 radical (unpaired) electrons. The van der Waals surface area contributed by atoms with Crippen LogP contribution in [0.1, 0.15) is 44.9 Å². The van der Waals surface area contributed by atoms with Crippen LogP contribution in [0.25, 0.3) is 6.08 Å². The standard InChI is InChI=1S/C27H28N2O6S/c1-6-34-26(32)23-16(4)28-27-29(24(23)18-8-10-19(11-9-18)35-15(2)3)25(31)22(36-27)14-17-7-12-21(33-5)20(30)13-17/h7-15,24,30H,6H2,1-5H3/b22-14+. The fourth-order valence-corrected chi connectivity index (χ4v) is 5.10. The van der Waals surface area contributed by atoms with Crippen LogP contribution in [0.2, 0.25) is 0 Å². The normalized spacial score (nSPS) is 15.5. The molecule has 2 heterocycles. The maximum atomic E-state index is 13.7. The Labute approximate surface area is 212 Å². The fraction of sp³-hybridized carbons (Fsp3) is 0.296. The van der Waals surface area contributed by atoms with E-state index in [1.807, 2.05) is 38.1 Å². The number of methoxy groups -OCH3 is 1. The summed E-state index contributed by atoms with van der Waals surface area (Å²) < 4.78 is 18.1. The highest BCUT2D eigenvalue weighted by molar-refractivity contribution is 7.07. The maximum absolute atomic E-state index is 13.7. The van der Waals surface area contributed by atoms with E-state index in [1.54, 1.807) is 32.1 Å². The highest BCUT2D eigenvalue weighted by Crippen LogP contribution is 2.32. The van der Waals surface area contributed by atoms with Crippen LogP contribution < -0.4 is 24.4 Å². The van der Waals surface area contributed by atoms with Crippen molar-refractivity contribution >= 4 is 23.4 Å². The van der Waals surface area contributed by atoms with Gasteiger partial charge < -0.3 is 19.3 Å². The number of phenolic OH excluding ortho intramolecular Hbond substituents is 1. The molecule has 1 aromatic heterocycles. The number of aromatic nitrogens is 1. The van der Waals surface area contributed by atoms with E-state index >= 15 is 0 Å². The number of aromatic hydroxyl groups is 1. The van der Waals surface area contributed by atoms with Gasteiger partial charge in [-0.15, -0.1) is 0 Å². The Morgan fingerprint density at radius 1 is 1.22 bits per heavy atom. The second-order valence-electron chi connectivity index (χ2n) is 8.47. The lowest BCUT2D eigenvalue weighted by Crippen LogP contribution is -2.39. The summed E-state index contributed by atoms with van der Waals surface area (Å²) in [5, 5.41) is 10.1. The third-order valence-electron chi connectivity index (χ3n) is 5.59. The summed E-state index contributed by atoms with van der Waals surface area (Å²) in [7, 11) is 1.47. The monoisotopic (exact) mass is 508 g/mol. The molecule has 0 amide bonds. The van der Waals surface area contributed by atoms with Crippen LogP contribution in [-0.2, 0) is 9.53 Å². The zero-order valence-electron chi connectivity index (χ0n) is 20.8. The van der Waals surface area contributed by atoms with Crippen LogP contribution >= 0.6 is 11.3 Å². The first-order chi connectivity index (χ1) is 17.2. The first-order valence-electron chi connectivity index (χ1n) is 11.6. The highest BCUT2D eigenvalue weighted by Gasteiger charge is 2.33. The highest BCUT2D eigenvalue weighted by atomic mass is 32.1. The molecule has 0 aliphatic carbocycles. The number of fused-ring (bicyclic) bond motifs is 1. The Morgan fingerprint density at radius 3 is 2.56 bits per heavy atom.